The topological polar surface area (TPSA) is 169 Å². The number of phosphoric acid groups is 1. The zero-order valence-corrected chi connectivity index (χ0v) is 35.1. The Morgan fingerprint density at radius 1 is 0.582 bits per heavy atom. The van der Waals surface area contributed by atoms with Crippen molar-refractivity contribution in [2.24, 2.45) is 5.92 Å². The van der Waals surface area contributed by atoms with E-state index in [9.17, 15) is 24.2 Å². The van der Waals surface area contributed by atoms with Crippen LogP contribution in [0.15, 0.2) is 48.6 Å². The SMILES string of the molecule is CC(C)CCCCCCCCCCCCCC(=O)O[C@H](COC(=O)CCC/C=C\C/C=C\C/C=C\C/C=C\CCCCCO)COP(=O)(O)OC[C@@H](O)CO. The van der Waals surface area contributed by atoms with Gasteiger partial charge in [-0.15, -0.1) is 0 Å². The molecule has 0 aromatic rings. The van der Waals surface area contributed by atoms with Crippen LogP contribution >= 0.6 is 7.82 Å². The fraction of sp³-hybridized carbons (Fsp3) is 0.767. The van der Waals surface area contributed by atoms with Crippen LogP contribution in [-0.4, -0.2) is 77.4 Å². The lowest BCUT2D eigenvalue weighted by Crippen LogP contribution is -2.29. The number of carbonyl (C=O) groups excluding carboxylic acids is 2. The van der Waals surface area contributed by atoms with Crippen molar-refractivity contribution in [3.63, 3.8) is 0 Å². The fourth-order valence-corrected chi connectivity index (χ4v) is 6.23. The largest absolute Gasteiger partial charge is 0.472 e. The van der Waals surface area contributed by atoms with Crippen molar-refractivity contribution >= 4 is 19.8 Å². The zero-order valence-electron chi connectivity index (χ0n) is 34.2. The summed E-state index contributed by atoms with van der Waals surface area (Å²) in [6.45, 7) is 2.62. The number of unbranched alkanes of at least 4 members (excludes halogenated alkanes) is 14. The second-order valence-electron chi connectivity index (χ2n) is 14.6. The van der Waals surface area contributed by atoms with Gasteiger partial charge in [0.05, 0.1) is 19.8 Å². The lowest BCUT2D eigenvalue weighted by Gasteiger charge is -2.20. The normalized spacial score (nSPS) is 14.5. The molecule has 0 fully saturated rings. The van der Waals surface area contributed by atoms with Gasteiger partial charge >= 0.3 is 19.8 Å². The van der Waals surface area contributed by atoms with Crippen LogP contribution in [0.25, 0.3) is 0 Å². The molecule has 0 aliphatic carbocycles. The molecule has 0 aromatic heterocycles. The van der Waals surface area contributed by atoms with E-state index in [0.29, 0.717) is 19.3 Å². The molecule has 0 rings (SSSR count). The Kier molecular flexibility index (Phi) is 37.3. The Balaban J connectivity index is 4.40. The Labute approximate surface area is 333 Å². The highest BCUT2D eigenvalue weighted by Gasteiger charge is 2.27. The molecule has 11 nitrogen and oxygen atoms in total. The quantitative estimate of drug-likeness (QED) is 0.0202. The molecule has 0 heterocycles. The molecule has 0 radical (unpaired) electrons. The third kappa shape index (κ3) is 39.9. The van der Waals surface area contributed by atoms with Gasteiger partial charge in [-0.05, 0) is 63.7 Å². The molecule has 0 bridgehead atoms. The van der Waals surface area contributed by atoms with E-state index in [1.165, 1.54) is 51.4 Å². The van der Waals surface area contributed by atoms with Gasteiger partial charge in [0.1, 0.15) is 12.7 Å². The molecule has 1 unspecified atom stereocenters. The maximum Gasteiger partial charge on any atom is 0.472 e. The smallest absolute Gasteiger partial charge is 0.462 e. The van der Waals surface area contributed by atoms with Crippen LogP contribution < -0.4 is 0 Å². The van der Waals surface area contributed by atoms with E-state index in [-0.39, 0.29) is 26.1 Å². The molecule has 0 saturated heterocycles. The summed E-state index contributed by atoms with van der Waals surface area (Å²) in [7, 11) is -4.63. The summed E-state index contributed by atoms with van der Waals surface area (Å²) in [6, 6.07) is 0. The van der Waals surface area contributed by atoms with Crippen LogP contribution in [0.2, 0.25) is 0 Å². The second-order valence-corrected chi connectivity index (χ2v) is 16.0. The molecule has 320 valence electrons. The monoisotopic (exact) mass is 801 g/mol. The molecule has 12 heteroatoms. The molecule has 4 N–H and O–H groups in total. The van der Waals surface area contributed by atoms with E-state index in [1.54, 1.807) is 0 Å². The van der Waals surface area contributed by atoms with E-state index in [1.807, 2.05) is 12.2 Å². The second kappa shape index (κ2) is 38.7. The number of allylic oxidation sites excluding steroid dienone is 8. The van der Waals surface area contributed by atoms with Crippen molar-refractivity contribution in [1.29, 1.82) is 0 Å². The molecule has 0 amide bonds. The Morgan fingerprint density at radius 2 is 1.05 bits per heavy atom. The van der Waals surface area contributed by atoms with Gasteiger partial charge in [0.2, 0.25) is 0 Å². The molecule has 0 aromatic carbocycles. The molecule has 0 spiro atoms. The van der Waals surface area contributed by atoms with Gasteiger partial charge in [-0.25, -0.2) is 4.57 Å². The van der Waals surface area contributed by atoms with Gasteiger partial charge in [0.15, 0.2) is 6.10 Å². The third-order valence-electron chi connectivity index (χ3n) is 8.72. The first-order valence-electron chi connectivity index (χ1n) is 21.1. The summed E-state index contributed by atoms with van der Waals surface area (Å²) in [5.74, 6) is -0.215. The molecular formula is C43H77O11P. The van der Waals surface area contributed by atoms with Crippen LogP contribution in [0.3, 0.4) is 0 Å². The number of hydrogen-bond donors (Lipinski definition) is 4. The molecule has 0 saturated carbocycles. The van der Waals surface area contributed by atoms with E-state index >= 15 is 0 Å². The lowest BCUT2D eigenvalue weighted by molar-refractivity contribution is -0.161. The Hall–Kier alpha value is -2.11. The number of aliphatic hydroxyl groups is 3. The standard InChI is InChI=1S/C43H77O11P/c1-39(2)31-27-23-19-15-11-10-13-17-21-25-29-33-43(48)54-41(38-53-55(49,50)52-36-40(46)35-45)37-51-42(47)32-28-24-20-16-12-8-6-4-3-5-7-9-14-18-22-26-30-34-44/h3,5-6,8-9,14,16,20,39-41,44-46H,4,7,10-13,15,17-19,21-38H2,1-2H3,(H,49,50)/b5-3-,8-6-,14-9-,20-16-/t40-,41+/m0/s1. The van der Waals surface area contributed by atoms with Gasteiger partial charge < -0.3 is 29.7 Å². The van der Waals surface area contributed by atoms with Crippen molar-refractivity contribution in [2.75, 3.05) is 33.0 Å². The summed E-state index contributed by atoms with van der Waals surface area (Å²) in [6.07, 6.45) is 36.8. The minimum absolute atomic E-state index is 0.155. The van der Waals surface area contributed by atoms with Crippen LogP contribution in [0.1, 0.15) is 162 Å². The fourth-order valence-electron chi connectivity index (χ4n) is 5.44. The average molecular weight is 801 g/mol. The first-order chi connectivity index (χ1) is 26.6. The first kappa shape index (κ1) is 52.9. The van der Waals surface area contributed by atoms with E-state index in [2.05, 4.69) is 54.8 Å². The molecule has 0 aliphatic heterocycles. The highest BCUT2D eigenvalue weighted by atomic mass is 31.2. The van der Waals surface area contributed by atoms with E-state index in [0.717, 1.165) is 70.1 Å². The minimum atomic E-state index is -4.63. The predicted octanol–water partition coefficient (Wildman–Crippen LogP) is 9.77. The van der Waals surface area contributed by atoms with E-state index < -0.39 is 51.8 Å². The van der Waals surface area contributed by atoms with Crippen molar-refractivity contribution in [1.82, 2.24) is 0 Å². The third-order valence-corrected chi connectivity index (χ3v) is 9.67. The maximum atomic E-state index is 12.6. The van der Waals surface area contributed by atoms with Crippen molar-refractivity contribution < 1.29 is 52.9 Å². The maximum absolute atomic E-state index is 12.6. The number of ether oxygens (including phenoxy) is 2. The van der Waals surface area contributed by atoms with Crippen LogP contribution in [0.5, 0.6) is 0 Å². The van der Waals surface area contributed by atoms with Crippen LogP contribution in [0.4, 0.5) is 0 Å². The predicted molar refractivity (Wildman–Crippen MR) is 220 cm³/mol. The van der Waals surface area contributed by atoms with Gasteiger partial charge in [-0.1, -0.05) is 140 Å². The number of aliphatic hydroxyl groups excluding tert-OH is 3. The molecule has 3 atom stereocenters. The van der Waals surface area contributed by atoms with Crippen molar-refractivity contribution in [3.05, 3.63) is 48.6 Å². The van der Waals surface area contributed by atoms with Crippen molar-refractivity contribution in [3.8, 4) is 0 Å². The number of hydrogen-bond acceptors (Lipinski definition) is 10. The van der Waals surface area contributed by atoms with Gasteiger partial charge in [0.25, 0.3) is 0 Å². The summed E-state index contributed by atoms with van der Waals surface area (Å²) in [5.41, 5.74) is 0. The van der Waals surface area contributed by atoms with E-state index in [4.69, 9.17) is 24.2 Å². The first-order valence-corrected chi connectivity index (χ1v) is 22.6. The summed E-state index contributed by atoms with van der Waals surface area (Å²) in [4.78, 5) is 34.9. The van der Waals surface area contributed by atoms with Crippen LogP contribution in [0, 0.1) is 5.92 Å². The number of phosphoric ester groups is 1. The van der Waals surface area contributed by atoms with Gasteiger partial charge in [-0.2, -0.15) is 0 Å². The Morgan fingerprint density at radius 3 is 1.60 bits per heavy atom. The van der Waals surface area contributed by atoms with Gasteiger partial charge in [0, 0.05) is 19.4 Å². The summed E-state index contributed by atoms with van der Waals surface area (Å²) < 4.78 is 32.6. The number of rotatable bonds is 39. The average Bonchev–Trinajstić information content (AvgIpc) is 3.16. The number of carbonyl (C=O) groups is 2. The van der Waals surface area contributed by atoms with Crippen molar-refractivity contribution in [2.45, 2.75) is 174 Å². The highest BCUT2D eigenvalue weighted by Crippen LogP contribution is 2.43. The lowest BCUT2D eigenvalue weighted by atomic mass is 10.0. The zero-order chi connectivity index (χ0) is 40.7. The summed E-state index contributed by atoms with van der Waals surface area (Å²) >= 11 is 0. The summed E-state index contributed by atoms with van der Waals surface area (Å²) in [5, 5.41) is 27.1. The molecule has 55 heavy (non-hydrogen) atoms. The van der Waals surface area contributed by atoms with Crippen LogP contribution in [-0.2, 0) is 32.7 Å². The van der Waals surface area contributed by atoms with Gasteiger partial charge in [-0.3, -0.25) is 18.6 Å². The minimum Gasteiger partial charge on any atom is -0.462 e. The highest BCUT2D eigenvalue weighted by molar-refractivity contribution is 7.47. The Bertz CT molecular complexity index is 1070. The number of esters is 2. The molecule has 0 aliphatic rings. The molecular weight excluding hydrogens is 723 g/mol.